The Kier molecular flexibility index (Phi) is 7.81. The van der Waals surface area contributed by atoms with Gasteiger partial charge in [-0.1, -0.05) is 19.1 Å². The van der Waals surface area contributed by atoms with Crippen LogP contribution in [0.5, 0.6) is 5.88 Å². The van der Waals surface area contributed by atoms with Crippen LogP contribution in [-0.2, 0) is 9.47 Å². The molecule has 2 aromatic rings. The first-order chi connectivity index (χ1) is 16.7. The Bertz CT molecular complexity index is 903. The molecule has 2 aliphatic heterocycles. The summed E-state index contributed by atoms with van der Waals surface area (Å²) in [5.41, 5.74) is 3.25. The molecule has 0 atom stereocenters. The van der Waals surface area contributed by atoms with E-state index in [1.54, 1.807) is 0 Å². The molecule has 7 nitrogen and oxygen atoms in total. The van der Waals surface area contributed by atoms with Crippen molar-refractivity contribution in [2.75, 3.05) is 56.3 Å². The molecule has 3 aliphatic rings. The minimum absolute atomic E-state index is 0.443. The average molecular weight is 467 g/mol. The van der Waals surface area contributed by atoms with Crippen LogP contribution < -0.4 is 15.0 Å². The van der Waals surface area contributed by atoms with Crippen LogP contribution in [0.2, 0.25) is 0 Å². The summed E-state index contributed by atoms with van der Waals surface area (Å²) in [6.45, 7) is 8.08. The third-order valence-electron chi connectivity index (χ3n) is 7.45. The number of anilines is 2. The molecule has 3 heterocycles. The maximum absolute atomic E-state index is 6.35. The molecule has 1 saturated carbocycles. The molecule has 2 saturated heterocycles. The summed E-state index contributed by atoms with van der Waals surface area (Å²) in [4.78, 5) is 11.9. The van der Waals surface area contributed by atoms with Gasteiger partial charge in [0.1, 0.15) is 0 Å². The van der Waals surface area contributed by atoms with E-state index in [4.69, 9.17) is 19.2 Å². The zero-order chi connectivity index (χ0) is 23.2. The molecular formula is C27H38N4O3. The molecule has 0 unspecified atom stereocenters. The number of benzene rings is 1. The third-order valence-corrected chi connectivity index (χ3v) is 7.45. The quantitative estimate of drug-likeness (QED) is 0.630. The first kappa shape index (κ1) is 23.4. The fraction of sp³-hybridized carbons (Fsp3) is 0.630. The molecule has 0 spiro atoms. The van der Waals surface area contributed by atoms with Crippen molar-refractivity contribution in [3.8, 4) is 17.0 Å². The van der Waals surface area contributed by atoms with E-state index in [0.717, 1.165) is 69.4 Å². The minimum atomic E-state index is 0.443. The van der Waals surface area contributed by atoms with E-state index in [9.17, 15) is 0 Å². The molecule has 184 valence electrons. The number of hydrogen-bond donors (Lipinski definition) is 1. The lowest BCUT2D eigenvalue weighted by Gasteiger charge is -2.29. The monoisotopic (exact) mass is 466 g/mol. The lowest BCUT2D eigenvalue weighted by atomic mass is 9.87. The van der Waals surface area contributed by atoms with E-state index in [1.165, 1.54) is 31.4 Å². The highest BCUT2D eigenvalue weighted by atomic mass is 16.5. The van der Waals surface area contributed by atoms with Gasteiger partial charge in [0, 0.05) is 44.2 Å². The van der Waals surface area contributed by atoms with E-state index in [0.29, 0.717) is 30.4 Å². The van der Waals surface area contributed by atoms with Gasteiger partial charge < -0.3 is 24.4 Å². The SMILES string of the molecule is CC1CCC(Nc2ncc(-c3ccc(N4CCOCC4)cc3)c(OCC3CCOCC3)n2)CC1. The molecule has 1 aliphatic carbocycles. The first-order valence-corrected chi connectivity index (χ1v) is 13.0. The molecule has 7 heteroatoms. The number of aromatic nitrogens is 2. The van der Waals surface area contributed by atoms with Crippen LogP contribution in [0.25, 0.3) is 11.1 Å². The summed E-state index contributed by atoms with van der Waals surface area (Å²) in [5, 5.41) is 3.57. The number of ether oxygens (including phenoxy) is 3. The summed E-state index contributed by atoms with van der Waals surface area (Å²) >= 11 is 0. The van der Waals surface area contributed by atoms with Crippen molar-refractivity contribution in [1.29, 1.82) is 0 Å². The van der Waals surface area contributed by atoms with E-state index in [1.807, 2.05) is 6.20 Å². The van der Waals surface area contributed by atoms with Crippen molar-refractivity contribution in [2.24, 2.45) is 11.8 Å². The van der Waals surface area contributed by atoms with E-state index < -0.39 is 0 Å². The fourth-order valence-corrected chi connectivity index (χ4v) is 5.11. The standard InChI is InChI=1S/C27H38N4O3/c1-20-2-6-23(7-3-20)29-27-28-18-25(26(30-27)34-19-21-10-14-32-15-11-21)22-4-8-24(9-5-22)31-12-16-33-17-13-31/h4-5,8-9,18,20-21,23H,2-3,6-7,10-17,19H2,1H3,(H,28,29,30). The normalized spacial score (nSPS) is 24.1. The van der Waals surface area contributed by atoms with Crippen molar-refractivity contribution in [2.45, 2.75) is 51.5 Å². The van der Waals surface area contributed by atoms with Gasteiger partial charge in [0.15, 0.2) is 0 Å². The Morgan fingerprint density at radius 1 is 0.941 bits per heavy atom. The Balaban J connectivity index is 1.33. The van der Waals surface area contributed by atoms with Crippen LogP contribution in [0.3, 0.4) is 0 Å². The van der Waals surface area contributed by atoms with Gasteiger partial charge in [-0.05, 0) is 68.1 Å². The average Bonchev–Trinajstić information content (AvgIpc) is 2.90. The Hall–Kier alpha value is -2.38. The molecule has 0 amide bonds. The largest absolute Gasteiger partial charge is 0.477 e. The predicted octanol–water partition coefficient (Wildman–Crippen LogP) is 4.78. The van der Waals surface area contributed by atoms with Gasteiger partial charge in [0.2, 0.25) is 11.8 Å². The smallest absolute Gasteiger partial charge is 0.226 e. The van der Waals surface area contributed by atoms with Gasteiger partial charge in [0.05, 0.1) is 25.4 Å². The van der Waals surface area contributed by atoms with Crippen LogP contribution in [0, 0.1) is 11.8 Å². The van der Waals surface area contributed by atoms with Crippen molar-refractivity contribution in [1.82, 2.24) is 9.97 Å². The molecule has 0 bridgehead atoms. The second-order valence-electron chi connectivity index (χ2n) is 10.0. The van der Waals surface area contributed by atoms with Gasteiger partial charge in [-0.2, -0.15) is 4.98 Å². The Labute approximate surface area is 203 Å². The molecule has 1 aromatic heterocycles. The molecule has 0 radical (unpaired) electrons. The zero-order valence-electron chi connectivity index (χ0n) is 20.4. The molecule has 3 fully saturated rings. The van der Waals surface area contributed by atoms with Crippen molar-refractivity contribution < 1.29 is 14.2 Å². The number of hydrogen-bond acceptors (Lipinski definition) is 7. The topological polar surface area (TPSA) is 68.7 Å². The van der Waals surface area contributed by atoms with E-state index in [-0.39, 0.29) is 0 Å². The summed E-state index contributed by atoms with van der Waals surface area (Å²) in [7, 11) is 0. The Morgan fingerprint density at radius 2 is 1.65 bits per heavy atom. The fourth-order valence-electron chi connectivity index (χ4n) is 5.11. The van der Waals surface area contributed by atoms with Crippen molar-refractivity contribution in [3.63, 3.8) is 0 Å². The highest BCUT2D eigenvalue weighted by Crippen LogP contribution is 2.32. The van der Waals surface area contributed by atoms with Crippen LogP contribution in [0.1, 0.15) is 45.4 Å². The first-order valence-electron chi connectivity index (χ1n) is 13.0. The van der Waals surface area contributed by atoms with Gasteiger partial charge in [-0.3, -0.25) is 0 Å². The van der Waals surface area contributed by atoms with Crippen LogP contribution in [0.4, 0.5) is 11.6 Å². The van der Waals surface area contributed by atoms with Crippen molar-refractivity contribution >= 4 is 11.6 Å². The number of rotatable bonds is 7. The van der Waals surface area contributed by atoms with Gasteiger partial charge in [-0.25, -0.2) is 4.98 Å². The highest BCUT2D eigenvalue weighted by Gasteiger charge is 2.21. The maximum Gasteiger partial charge on any atom is 0.226 e. The Morgan fingerprint density at radius 3 is 2.38 bits per heavy atom. The number of nitrogens with one attached hydrogen (secondary N) is 1. The maximum atomic E-state index is 6.35. The second kappa shape index (κ2) is 11.4. The second-order valence-corrected chi connectivity index (χ2v) is 10.0. The van der Waals surface area contributed by atoms with Gasteiger partial charge in [-0.15, -0.1) is 0 Å². The summed E-state index contributed by atoms with van der Waals surface area (Å²) in [6, 6.07) is 9.11. The number of morpholine rings is 1. The molecule has 1 aromatic carbocycles. The molecule has 1 N–H and O–H groups in total. The van der Waals surface area contributed by atoms with E-state index in [2.05, 4.69) is 46.4 Å². The molecule has 5 rings (SSSR count). The van der Waals surface area contributed by atoms with Crippen LogP contribution in [-0.4, -0.2) is 62.1 Å². The summed E-state index contributed by atoms with van der Waals surface area (Å²) in [6.07, 6.45) is 8.88. The molecular weight excluding hydrogens is 428 g/mol. The van der Waals surface area contributed by atoms with Gasteiger partial charge in [0.25, 0.3) is 0 Å². The van der Waals surface area contributed by atoms with E-state index >= 15 is 0 Å². The van der Waals surface area contributed by atoms with Crippen LogP contribution in [0.15, 0.2) is 30.5 Å². The lowest BCUT2D eigenvalue weighted by molar-refractivity contribution is 0.0491. The van der Waals surface area contributed by atoms with Crippen LogP contribution >= 0.6 is 0 Å². The van der Waals surface area contributed by atoms with Crippen molar-refractivity contribution in [3.05, 3.63) is 30.5 Å². The predicted molar refractivity (Wildman–Crippen MR) is 135 cm³/mol. The summed E-state index contributed by atoms with van der Waals surface area (Å²) < 4.78 is 17.4. The zero-order valence-corrected chi connectivity index (χ0v) is 20.4. The number of nitrogens with zero attached hydrogens (tertiary/aromatic N) is 3. The molecule has 34 heavy (non-hydrogen) atoms. The lowest BCUT2D eigenvalue weighted by Crippen LogP contribution is -2.36. The summed E-state index contributed by atoms with van der Waals surface area (Å²) in [5.74, 6) is 2.68. The highest BCUT2D eigenvalue weighted by molar-refractivity contribution is 5.70. The third kappa shape index (κ3) is 5.99. The van der Waals surface area contributed by atoms with Gasteiger partial charge >= 0.3 is 0 Å². The minimum Gasteiger partial charge on any atom is -0.477 e.